The maximum atomic E-state index is 12.0. The summed E-state index contributed by atoms with van der Waals surface area (Å²) >= 11 is 0. The predicted octanol–water partition coefficient (Wildman–Crippen LogP) is 3.47. The molecule has 26 heavy (non-hydrogen) atoms. The fraction of sp³-hybridized carbons (Fsp3) is 0.190. The van der Waals surface area contributed by atoms with Crippen molar-refractivity contribution in [2.24, 2.45) is 0 Å². The molecule has 130 valence electrons. The van der Waals surface area contributed by atoms with Gasteiger partial charge in [0.05, 0.1) is 11.4 Å². The van der Waals surface area contributed by atoms with Crippen molar-refractivity contribution in [2.75, 3.05) is 0 Å². The van der Waals surface area contributed by atoms with E-state index in [1.165, 1.54) is 0 Å². The van der Waals surface area contributed by atoms with Crippen molar-refractivity contribution in [3.63, 3.8) is 0 Å². The van der Waals surface area contributed by atoms with Gasteiger partial charge in [-0.3, -0.25) is 14.6 Å². The molecule has 1 aliphatic rings. The number of carbonyl (C=O) groups is 1. The molecule has 1 aromatic carbocycles. The van der Waals surface area contributed by atoms with Gasteiger partial charge in [0.2, 0.25) is 5.56 Å². The van der Waals surface area contributed by atoms with Gasteiger partial charge >= 0.3 is 0 Å². The van der Waals surface area contributed by atoms with Gasteiger partial charge in [0.25, 0.3) is 5.91 Å². The van der Waals surface area contributed by atoms with Crippen LogP contribution in [0.2, 0.25) is 0 Å². The summed E-state index contributed by atoms with van der Waals surface area (Å²) in [5, 5.41) is 2.85. The first kappa shape index (κ1) is 16.3. The number of carbonyl (C=O) groups excluding carboxylic acids is 1. The molecule has 2 N–H and O–H groups in total. The number of fused-ring (bicyclic) bond motifs is 1. The van der Waals surface area contributed by atoms with E-state index >= 15 is 0 Å². The van der Waals surface area contributed by atoms with Gasteiger partial charge in [-0.15, -0.1) is 0 Å². The van der Waals surface area contributed by atoms with Crippen LogP contribution in [0.3, 0.4) is 0 Å². The zero-order valence-electron chi connectivity index (χ0n) is 14.7. The van der Waals surface area contributed by atoms with Crippen molar-refractivity contribution < 1.29 is 4.79 Å². The van der Waals surface area contributed by atoms with E-state index in [2.05, 4.69) is 24.1 Å². The lowest BCUT2D eigenvalue weighted by atomic mass is 9.94. The van der Waals surface area contributed by atoms with Crippen molar-refractivity contribution in [1.29, 1.82) is 0 Å². The van der Waals surface area contributed by atoms with Crippen LogP contribution in [-0.2, 0) is 6.54 Å². The van der Waals surface area contributed by atoms with E-state index in [0.29, 0.717) is 6.54 Å². The molecule has 0 radical (unpaired) electrons. The summed E-state index contributed by atoms with van der Waals surface area (Å²) in [5.41, 5.74) is 6.10. The van der Waals surface area contributed by atoms with Crippen molar-refractivity contribution >= 4 is 5.91 Å². The fourth-order valence-corrected chi connectivity index (χ4v) is 3.30. The van der Waals surface area contributed by atoms with Crippen LogP contribution in [0.25, 0.3) is 22.4 Å². The van der Waals surface area contributed by atoms with E-state index in [9.17, 15) is 9.59 Å². The van der Waals surface area contributed by atoms with Gasteiger partial charge in [0, 0.05) is 35.5 Å². The number of benzene rings is 1. The van der Waals surface area contributed by atoms with E-state index in [4.69, 9.17) is 4.98 Å². The number of amides is 1. The molecular weight excluding hydrogens is 326 g/mol. The minimum atomic E-state index is -0.149. The maximum absolute atomic E-state index is 12.0. The smallest absolute Gasteiger partial charge is 0.251 e. The van der Waals surface area contributed by atoms with Gasteiger partial charge in [-0.25, -0.2) is 0 Å². The normalized spacial score (nSPS) is 13.0. The Labute approximate surface area is 151 Å². The van der Waals surface area contributed by atoms with Crippen molar-refractivity contribution in [2.45, 2.75) is 26.3 Å². The lowest BCUT2D eigenvalue weighted by Crippen LogP contribution is -2.12. The van der Waals surface area contributed by atoms with E-state index in [-0.39, 0.29) is 17.4 Å². The van der Waals surface area contributed by atoms with Crippen LogP contribution >= 0.6 is 0 Å². The van der Waals surface area contributed by atoms with E-state index < -0.39 is 0 Å². The number of nitrogens with one attached hydrogen (secondary N) is 2. The van der Waals surface area contributed by atoms with Crippen molar-refractivity contribution in [3.05, 3.63) is 75.8 Å². The van der Waals surface area contributed by atoms with Gasteiger partial charge in [-0.05, 0) is 35.2 Å². The Kier molecular flexibility index (Phi) is 3.92. The summed E-state index contributed by atoms with van der Waals surface area (Å²) in [5.74, 6) is 0.176. The third-order valence-electron chi connectivity index (χ3n) is 4.65. The highest BCUT2D eigenvalue weighted by Crippen LogP contribution is 2.32. The molecule has 1 amide bonds. The summed E-state index contributed by atoms with van der Waals surface area (Å²) in [6.07, 6.45) is 1.63. The highest BCUT2D eigenvalue weighted by molar-refractivity contribution is 5.99. The van der Waals surface area contributed by atoms with Crippen molar-refractivity contribution in [3.8, 4) is 22.4 Å². The molecule has 3 aromatic rings. The molecular formula is C21H19N3O2. The first-order valence-corrected chi connectivity index (χ1v) is 8.64. The zero-order valence-corrected chi connectivity index (χ0v) is 14.7. The van der Waals surface area contributed by atoms with Crippen LogP contribution in [-0.4, -0.2) is 15.9 Å². The second-order valence-electron chi connectivity index (χ2n) is 6.78. The highest BCUT2D eigenvalue weighted by Gasteiger charge is 2.20. The quantitative estimate of drug-likeness (QED) is 0.763. The third kappa shape index (κ3) is 2.81. The first-order valence-electron chi connectivity index (χ1n) is 8.64. The van der Waals surface area contributed by atoms with Gasteiger partial charge in [-0.1, -0.05) is 32.0 Å². The van der Waals surface area contributed by atoms with E-state index in [1.54, 1.807) is 12.3 Å². The van der Waals surface area contributed by atoms with Crippen LogP contribution < -0.4 is 10.9 Å². The molecule has 4 rings (SSSR count). The Hall–Kier alpha value is -3.21. The van der Waals surface area contributed by atoms with E-state index in [1.807, 2.05) is 36.4 Å². The minimum absolute atomic E-state index is 0.0268. The molecule has 0 spiro atoms. The average molecular weight is 345 g/mol. The molecule has 0 atom stereocenters. The van der Waals surface area contributed by atoms with Gasteiger partial charge in [-0.2, -0.15) is 0 Å². The second-order valence-corrected chi connectivity index (χ2v) is 6.78. The van der Waals surface area contributed by atoms with E-state index in [0.717, 1.165) is 39.2 Å². The molecule has 0 unspecified atom stereocenters. The first-order chi connectivity index (χ1) is 12.5. The Balaban J connectivity index is 1.84. The van der Waals surface area contributed by atoms with Crippen LogP contribution in [0.15, 0.2) is 53.5 Å². The second kappa shape index (κ2) is 6.26. The topological polar surface area (TPSA) is 74.8 Å². The zero-order chi connectivity index (χ0) is 18.3. The number of pyridine rings is 2. The molecule has 5 heteroatoms. The Morgan fingerprint density at radius 3 is 2.58 bits per heavy atom. The number of rotatable bonds is 3. The molecule has 0 aliphatic carbocycles. The van der Waals surface area contributed by atoms with Crippen LogP contribution in [0.5, 0.6) is 0 Å². The lowest BCUT2D eigenvalue weighted by Gasteiger charge is -2.14. The summed E-state index contributed by atoms with van der Waals surface area (Å²) in [6, 6.07) is 13.3. The number of H-pyrrole nitrogens is 1. The summed E-state index contributed by atoms with van der Waals surface area (Å²) < 4.78 is 0. The molecule has 0 saturated carbocycles. The van der Waals surface area contributed by atoms with Gasteiger partial charge in [0.1, 0.15) is 0 Å². The Morgan fingerprint density at radius 2 is 1.81 bits per heavy atom. The van der Waals surface area contributed by atoms with Gasteiger partial charge < -0.3 is 10.3 Å². The summed E-state index contributed by atoms with van der Waals surface area (Å²) in [7, 11) is 0. The standard InChI is InChI=1S/C21H19N3O2/c1-12(2)20-16(13-3-4-15-11-23-21(26)17(15)9-13)5-6-18(24-20)14-7-8-22-19(25)10-14/h3-10,12H,11H2,1-2H3,(H,22,25)(H,23,26). The summed E-state index contributed by atoms with van der Waals surface area (Å²) in [6.45, 7) is 4.77. The van der Waals surface area contributed by atoms with Crippen LogP contribution in [0.1, 0.15) is 41.4 Å². The van der Waals surface area contributed by atoms with Gasteiger partial charge in [0.15, 0.2) is 0 Å². The monoisotopic (exact) mass is 345 g/mol. The average Bonchev–Trinajstić information content (AvgIpc) is 3.01. The number of aromatic amines is 1. The van der Waals surface area contributed by atoms with Crippen LogP contribution in [0, 0.1) is 0 Å². The predicted molar refractivity (Wildman–Crippen MR) is 101 cm³/mol. The third-order valence-corrected chi connectivity index (χ3v) is 4.65. The molecule has 2 aromatic heterocycles. The number of hydrogen-bond acceptors (Lipinski definition) is 3. The molecule has 0 bridgehead atoms. The Morgan fingerprint density at radius 1 is 0.962 bits per heavy atom. The summed E-state index contributed by atoms with van der Waals surface area (Å²) in [4.78, 5) is 31.0. The SMILES string of the molecule is CC(C)c1nc(-c2cc[nH]c(=O)c2)ccc1-c1ccc2c(c1)C(=O)NC2. The largest absolute Gasteiger partial charge is 0.348 e. The minimum Gasteiger partial charge on any atom is -0.348 e. The van der Waals surface area contributed by atoms with Crippen LogP contribution in [0.4, 0.5) is 0 Å². The Bertz CT molecular complexity index is 1070. The number of aromatic nitrogens is 2. The fourth-order valence-electron chi connectivity index (χ4n) is 3.30. The molecule has 3 heterocycles. The number of nitrogens with zero attached hydrogens (tertiary/aromatic N) is 1. The molecule has 0 fully saturated rings. The lowest BCUT2D eigenvalue weighted by molar-refractivity contribution is 0.0966. The molecule has 0 saturated heterocycles. The molecule has 5 nitrogen and oxygen atoms in total. The maximum Gasteiger partial charge on any atom is 0.251 e. The molecule has 1 aliphatic heterocycles. The van der Waals surface area contributed by atoms with Crippen molar-refractivity contribution in [1.82, 2.24) is 15.3 Å². The number of hydrogen-bond donors (Lipinski definition) is 2. The highest BCUT2D eigenvalue weighted by atomic mass is 16.2.